The van der Waals surface area contributed by atoms with Crippen LogP contribution >= 0.6 is 0 Å². The first-order valence-corrected chi connectivity index (χ1v) is 4.94. The lowest BCUT2D eigenvalue weighted by Crippen LogP contribution is -1.93. The second-order valence-electron chi connectivity index (χ2n) is 3.60. The molecule has 68 valence electrons. The summed E-state index contributed by atoms with van der Waals surface area (Å²) in [4.78, 5) is 2.73. The van der Waals surface area contributed by atoms with Crippen LogP contribution in [0.2, 0.25) is 0 Å². The van der Waals surface area contributed by atoms with Crippen LogP contribution in [0.15, 0.2) is 5.11 Å². The molecule has 0 bridgehead atoms. The highest BCUT2D eigenvalue weighted by Crippen LogP contribution is 2.28. The largest absolute Gasteiger partial charge is 0.0940 e. The van der Waals surface area contributed by atoms with E-state index in [2.05, 4.69) is 10.0 Å². The molecule has 1 aliphatic rings. The Hall–Kier alpha value is -0.690. The quantitative estimate of drug-likeness (QED) is 0.260. The van der Waals surface area contributed by atoms with E-state index >= 15 is 0 Å². The zero-order valence-corrected chi connectivity index (χ0v) is 7.58. The van der Waals surface area contributed by atoms with E-state index in [9.17, 15) is 0 Å². The number of unbranched alkanes of at least 4 members (excludes halogenated alkanes) is 1. The minimum Gasteiger partial charge on any atom is -0.0940 e. The van der Waals surface area contributed by atoms with E-state index in [-0.39, 0.29) is 0 Å². The number of rotatable bonds is 5. The number of azide groups is 1. The molecule has 0 N–H and O–H groups in total. The van der Waals surface area contributed by atoms with Gasteiger partial charge in [-0.15, -0.1) is 0 Å². The van der Waals surface area contributed by atoms with E-state index in [0.717, 1.165) is 12.3 Å². The Kier molecular flexibility index (Phi) is 4.62. The first-order valence-electron chi connectivity index (χ1n) is 4.94. The van der Waals surface area contributed by atoms with Gasteiger partial charge in [0.2, 0.25) is 0 Å². The lowest BCUT2D eigenvalue weighted by atomic mass is 10.0. The lowest BCUT2D eigenvalue weighted by Gasteiger charge is -2.06. The second kappa shape index (κ2) is 5.90. The Labute approximate surface area is 73.8 Å². The van der Waals surface area contributed by atoms with Crippen LogP contribution in [-0.2, 0) is 0 Å². The minimum atomic E-state index is 0.684. The molecule has 1 rings (SSSR count). The van der Waals surface area contributed by atoms with Crippen molar-refractivity contribution in [3.63, 3.8) is 0 Å². The van der Waals surface area contributed by atoms with Crippen molar-refractivity contribution >= 4 is 0 Å². The highest BCUT2D eigenvalue weighted by atomic mass is 15.1. The van der Waals surface area contributed by atoms with Crippen molar-refractivity contribution in [3.05, 3.63) is 10.4 Å². The fraction of sp³-hybridized carbons (Fsp3) is 1.00. The third-order valence-electron chi connectivity index (χ3n) is 2.66. The predicted molar refractivity (Wildman–Crippen MR) is 49.8 cm³/mol. The maximum absolute atomic E-state index is 8.04. The monoisotopic (exact) mass is 167 g/mol. The first-order chi connectivity index (χ1) is 5.93. The lowest BCUT2D eigenvalue weighted by molar-refractivity contribution is 0.475. The van der Waals surface area contributed by atoms with Crippen molar-refractivity contribution in [2.75, 3.05) is 6.54 Å². The molecule has 1 aliphatic carbocycles. The molecular weight excluding hydrogens is 150 g/mol. The zero-order valence-electron chi connectivity index (χ0n) is 7.58. The van der Waals surface area contributed by atoms with Gasteiger partial charge in [0.15, 0.2) is 0 Å². The average molecular weight is 167 g/mol. The Morgan fingerprint density at radius 2 is 2.00 bits per heavy atom. The topological polar surface area (TPSA) is 48.8 Å². The summed E-state index contributed by atoms with van der Waals surface area (Å²) in [6.07, 6.45) is 9.39. The third kappa shape index (κ3) is 3.63. The predicted octanol–water partition coefficient (Wildman–Crippen LogP) is 3.66. The fourth-order valence-electron chi connectivity index (χ4n) is 1.96. The van der Waals surface area contributed by atoms with Gasteiger partial charge < -0.3 is 0 Å². The molecule has 0 unspecified atom stereocenters. The van der Waals surface area contributed by atoms with Gasteiger partial charge in [0.1, 0.15) is 0 Å². The molecule has 0 atom stereocenters. The third-order valence-corrected chi connectivity index (χ3v) is 2.66. The molecule has 0 amide bonds. The molecule has 0 aliphatic heterocycles. The maximum atomic E-state index is 8.04. The molecule has 0 spiro atoms. The van der Waals surface area contributed by atoms with Crippen molar-refractivity contribution in [1.29, 1.82) is 0 Å². The van der Waals surface area contributed by atoms with Gasteiger partial charge >= 0.3 is 0 Å². The first kappa shape index (κ1) is 9.40. The fourth-order valence-corrected chi connectivity index (χ4v) is 1.96. The van der Waals surface area contributed by atoms with Gasteiger partial charge in [0, 0.05) is 11.5 Å². The van der Waals surface area contributed by atoms with E-state index in [1.54, 1.807) is 0 Å². The van der Waals surface area contributed by atoms with Gasteiger partial charge in [-0.25, -0.2) is 0 Å². The molecule has 0 saturated heterocycles. The SMILES string of the molecule is [N-]=[N+]=NCCCCC1CCCC1. The Morgan fingerprint density at radius 1 is 1.25 bits per heavy atom. The average Bonchev–Trinajstić information content (AvgIpc) is 2.57. The van der Waals surface area contributed by atoms with Gasteiger partial charge in [0.25, 0.3) is 0 Å². The van der Waals surface area contributed by atoms with E-state index < -0.39 is 0 Å². The molecule has 3 nitrogen and oxygen atoms in total. The van der Waals surface area contributed by atoms with Crippen LogP contribution in [-0.4, -0.2) is 6.54 Å². The summed E-state index contributed by atoms with van der Waals surface area (Å²) >= 11 is 0. The van der Waals surface area contributed by atoms with Crippen LogP contribution in [0.1, 0.15) is 44.9 Å². The molecule has 12 heavy (non-hydrogen) atoms. The van der Waals surface area contributed by atoms with Crippen LogP contribution in [0.25, 0.3) is 10.4 Å². The van der Waals surface area contributed by atoms with Gasteiger partial charge in [0.05, 0.1) is 0 Å². The number of nitrogens with zero attached hydrogens (tertiary/aromatic N) is 3. The second-order valence-corrected chi connectivity index (χ2v) is 3.60. The van der Waals surface area contributed by atoms with Crippen molar-refractivity contribution < 1.29 is 0 Å². The molecular formula is C9H17N3. The van der Waals surface area contributed by atoms with Crippen molar-refractivity contribution in [3.8, 4) is 0 Å². The summed E-state index contributed by atoms with van der Waals surface area (Å²) < 4.78 is 0. The van der Waals surface area contributed by atoms with Crippen molar-refractivity contribution in [2.45, 2.75) is 44.9 Å². The number of hydrogen-bond donors (Lipinski definition) is 0. The summed E-state index contributed by atoms with van der Waals surface area (Å²) in [5, 5.41) is 3.52. The summed E-state index contributed by atoms with van der Waals surface area (Å²) in [5.41, 5.74) is 8.04. The molecule has 1 saturated carbocycles. The van der Waals surface area contributed by atoms with Crippen LogP contribution in [0.5, 0.6) is 0 Å². The maximum Gasteiger partial charge on any atom is 0.0257 e. The van der Waals surface area contributed by atoms with E-state index in [1.807, 2.05) is 0 Å². The van der Waals surface area contributed by atoms with Gasteiger partial charge in [-0.05, 0) is 17.9 Å². The normalized spacial score (nSPS) is 17.7. The molecule has 0 aromatic heterocycles. The smallest absolute Gasteiger partial charge is 0.0257 e. The van der Waals surface area contributed by atoms with Crippen LogP contribution in [0, 0.1) is 5.92 Å². The molecule has 0 heterocycles. The van der Waals surface area contributed by atoms with Crippen LogP contribution < -0.4 is 0 Å². The van der Waals surface area contributed by atoms with Gasteiger partial charge in [-0.2, -0.15) is 0 Å². The zero-order chi connectivity index (χ0) is 8.65. The summed E-state index contributed by atoms with van der Waals surface area (Å²) in [7, 11) is 0. The molecule has 0 aromatic carbocycles. The van der Waals surface area contributed by atoms with E-state index in [0.29, 0.717) is 6.54 Å². The van der Waals surface area contributed by atoms with E-state index in [4.69, 9.17) is 5.53 Å². The highest BCUT2D eigenvalue weighted by Gasteiger charge is 2.13. The van der Waals surface area contributed by atoms with Crippen LogP contribution in [0.4, 0.5) is 0 Å². The van der Waals surface area contributed by atoms with E-state index in [1.165, 1.54) is 38.5 Å². The summed E-state index contributed by atoms with van der Waals surface area (Å²) in [6, 6.07) is 0. The van der Waals surface area contributed by atoms with Gasteiger partial charge in [-0.1, -0.05) is 43.6 Å². The summed E-state index contributed by atoms with van der Waals surface area (Å²) in [5.74, 6) is 0.982. The Morgan fingerprint density at radius 3 is 2.67 bits per heavy atom. The standard InChI is InChI=1S/C9H17N3/c10-12-11-8-4-3-7-9-5-1-2-6-9/h9H,1-8H2. The van der Waals surface area contributed by atoms with Crippen molar-refractivity contribution in [1.82, 2.24) is 0 Å². The van der Waals surface area contributed by atoms with Crippen molar-refractivity contribution in [2.24, 2.45) is 11.0 Å². The van der Waals surface area contributed by atoms with Gasteiger partial charge in [-0.3, -0.25) is 0 Å². The molecule has 3 heteroatoms. The molecule has 1 fully saturated rings. The Bertz CT molecular complexity index is 155. The summed E-state index contributed by atoms with van der Waals surface area (Å²) in [6.45, 7) is 0.684. The Balaban J connectivity index is 1.91. The number of hydrogen-bond acceptors (Lipinski definition) is 1. The molecule has 0 radical (unpaired) electrons. The minimum absolute atomic E-state index is 0.684. The highest BCUT2D eigenvalue weighted by molar-refractivity contribution is 4.67. The molecule has 0 aromatic rings. The van der Waals surface area contributed by atoms with Crippen LogP contribution in [0.3, 0.4) is 0 Å².